The van der Waals surface area contributed by atoms with Crippen molar-refractivity contribution in [2.75, 3.05) is 19.0 Å². The van der Waals surface area contributed by atoms with Crippen LogP contribution in [0.2, 0.25) is 0 Å². The van der Waals surface area contributed by atoms with Crippen molar-refractivity contribution in [1.29, 1.82) is 0 Å². The van der Waals surface area contributed by atoms with Gasteiger partial charge in [-0.05, 0) is 31.2 Å². The van der Waals surface area contributed by atoms with Crippen molar-refractivity contribution in [2.45, 2.75) is 6.92 Å². The van der Waals surface area contributed by atoms with Crippen LogP contribution in [0.25, 0.3) is 6.08 Å². The summed E-state index contributed by atoms with van der Waals surface area (Å²) in [5, 5.41) is 13.7. The highest BCUT2D eigenvalue weighted by atomic mass is 16.6. The van der Waals surface area contributed by atoms with Crippen molar-refractivity contribution in [3.05, 3.63) is 64.2 Å². The molecule has 0 unspecified atom stereocenters. The zero-order chi connectivity index (χ0) is 18.2. The van der Waals surface area contributed by atoms with Crippen LogP contribution >= 0.6 is 0 Å². The van der Waals surface area contributed by atoms with E-state index in [2.05, 4.69) is 5.32 Å². The summed E-state index contributed by atoms with van der Waals surface area (Å²) < 4.78 is 10.6. The van der Waals surface area contributed by atoms with Crippen molar-refractivity contribution < 1.29 is 19.2 Å². The van der Waals surface area contributed by atoms with Gasteiger partial charge in [0.05, 0.1) is 29.9 Å². The van der Waals surface area contributed by atoms with Gasteiger partial charge in [-0.15, -0.1) is 0 Å². The van der Waals surface area contributed by atoms with Crippen molar-refractivity contribution in [3.8, 4) is 11.5 Å². The van der Waals surface area contributed by atoms with Crippen LogP contribution in [0.3, 0.4) is 0 Å². The van der Waals surface area contributed by atoms with Gasteiger partial charge < -0.3 is 14.8 Å². The molecule has 0 aliphatic heterocycles. The van der Waals surface area contributed by atoms with E-state index < -0.39 is 10.8 Å². The van der Waals surface area contributed by atoms with Gasteiger partial charge in [-0.2, -0.15) is 0 Å². The number of hydrogen-bond acceptors (Lipinski definition) is 5. The molecule has 25 heavy (non-hydrogen) atoms. The Morgan fingerprint density at radius 1 is 1.28 bits per heavy atom. The lowest BCUT2D eigenvalue weighted by Crippen LogP contribution is -2.09. The standard InChI is InChI=1S/C18H18N2O5/c1-3-25-17-10-9-14(24-2)12-15(17)19-18(21)11-8-13-6-4-5-7-16(13)20(22)23/h4-12H,3H2,1-2H3,(H,19,21). The van der Waals surface area contributed by atoms with E-state index in [4.69, 9.17) is 9.47 Å². The molecule has 1 amide bonds. The molecule has 0 saturated carbocycles. The zero-order valence-corrected chi connectivity index (χ0v) is 13.9. The van der Waals surface area contributed by atoms with Gasteiger partial charge in [-0.25, -0.2) is 0 Å². The number of anilines is 1. The van der Waals surface area contributed by atoms with Crippen LogP contribution in [0.15, 0.2) is 48.5 Å². The molecule has 2 rings (SSSR count). The van der Waals surface area contributed by atoms with Crippen LogP contribution in [0.1, 0.15) is 12.5 Å². The molecule has 0 fully saturated rings. The van der Waals surface area contributed by atoms with Crippen LogP contribution in [0, 0.1) is 10.1 Å². The topological polar surface area (TPSA) is 90.7 Å². The van der Waals surface area contributed by atoms with E-state index in [1.165, 1.54) is 25.3 Å². The molecular weight excluding hydrogens is 324 g/mol. The van der Waals surface area contributed by atoms with E-state index in [0.29, 0.717) is 29.4 Å². The Kier molecular flexibility index (Phi) is 6.11. The molecule has 130 valence electrons. The Morgan fingerprint density at radius 2 is 2.04 bits per heavy atom. The monoisotopic (exact) mass is 342 g/mol. The number of para-hydroxylation sites is 1. The Hall–Kier alpha value is -3.35. The quantitative estimate of drug-likeness (QED) is 0.471. The number of methoxy groups -OCH3 is 1. The lowest BCUT2D eigenvalue weighted by molar-refractivity contribution is -0.385. The maximum absolute atomic E-state index is 12.2. The number of nitrogens with zero attached hydrogens (tertiary/aromatic N) is 1. The predicted molar refractivity (Wildman–Crippen MR) is 94.9 cm³/mol. The maximum Gasteiger partial charge on any atom is 0.276 e. The molecule has 7 heteroatoms. The molecule has 1 N–H and O–H groups in total. The summed E-state index contributed by atoms with van der Waals surface area (Å²) >= 11 is 0. The average molecular weight is 342 g/mol. The van der Waals surface area contributed by atoms with Crippen LogP contribution in [0.5, 0.6) is 11.5 Å². The second-order valence-electron chi connectivity index (χ2n) is 4.93. The molecule has 0 bridgehead atoms. The molecule has 0 aromatic heterocycles. The van der Waals surface area contributed by atoms with E-state index in [0.717, 1.165) is 0 Å². The Morgan fingerprint density at radius 3 is 2.72 bits per heavy atom. The van der Waals surface area contributed by atoms with Crippen molar-refractivity contribution in [3.63, 3.8) is 0 Å². The molecule has 2 aromatic rings. The first-order valence-electron chi connectivity index (χ1n) is 7.58. The average Bonchev–Trinajstić information content (AvgIpc) is 2.61. The van der Waals surface area contributed by atoms with Gasteiger partial charge in [0.1, 0.15) is 11.5 Å². The number of carbonyl (C=O) groups excluding carboxylic acids is 1. The van der Waals surface area contributed by atoms with Crippen molar-refractivity contribution >= 4 is 23.4 Å². The SMILES string of the molecule is CCOc1ccc(OC)cc1NC(=O)C=Cc1ccccc1[N+](=O)[O-]. The highest BCUT2D eigenvalue weighted by molar-refractivity contribution is 6.03. The second kappa shape index (κ2) is 8.49. The number of benzene rings is 2. The third kappa shape index (κ3) is 4.81. The maximum atomic E-state index is 12.2. The van der Waals surface area contributed by atoms with Gasteiger partial charge in [0.2, 0.25) is 5.91 Å². The number of amides is 1. The molecule has 0 heterocycles. The molecule has 0 aliphatic carbocycles. The fraction of sp³-hybridized carbons (Fsp3) is 0.167. The highest BCUT2D eigenvalue weighted by Crippen LogP contribution is 2.29. The van der Waals surface area contributed by atoms with Gasteiger partial charge in [-0.1, -0.05) is 12.1 Å². The van der Waals surface area contributed by atoms with Gasteiger partial charge in [-0.3, -0.25) is 14.9 Å². The molecule has 0 atom stereocenters. The summed E-state index contributed by atoms with van der Waals surface area (Å²) in [6, 6.07) is 11.3. The lowest BCUT2D eigenvalue weighted by atomic mass is 10.1. The summed E-state index contributed by atoms with van der Waals surface area (Å²) in [6.45, 7) is 2.28. The normalized spacial score (nSPS) is 10.5. The zero-order valence-electron chi connectivity index (χ0n) is 13.9. The molecule has 0 spiro atoms. The molecule has 0 radical (unpaired) electrons. The Labute approximate surface area is 145 Å². The van der Waals surface area contributed by atoms with E-state index in [-0.39, 0.29) is 5.69 Å². The molecule has 7 nitrogen and oxygen atoms in total. The first kappa shape index (κ1) is 18.0. The fourth-order valence-electron chi connectivity index (χ4n) is 2.15. The number of hydrogen-bond donors (Lipinski definition) is 1. The van der Waals surface area contributed by atoms with E-state index >= 15 is 0 Å². The molecule has 0 aliphatic rings. The Bertz CT molecular complexity index is 802. The summed E-state index contributed by atoms with van der Waals surface area (Å²) in [5.41, 5.74) is 0.736. The smallest absolute Gasteiger partial charge is 0.276 e. The molecular formula is C18H18N2O5. The fourth-order valence-corrected chi connectivity index (χ4v) is 2.15. The second-order valence-corrected chi connectivity index (χ2v) is 4.93. The van der Waals surface area contributed by atoms with Gasteiger partial charge >= 0.3 is 0 Å². The van der Waals surface area contributed by atoms with Crippen LogP contribution in [-0.4, -0.2) is 24.5 Å². The number of nitro benzene ring substituents is 1. The third-order valence-electron chi connectivity index (χ3n) is 3.29. The number of carbonyl (C=O) groups is 1. The Balaban J connectivity index is 2.19. The number of nitro groups is 1. The van der Waals surface area contributed by atoms with Crippen molar-refractivity contribution in [2.24, 2.45) is 0 Å². The first-order chi connectivity index (χ1) is 12.0. The van der Waals surface area contributed by atoms with Crippen LogP contribution in [0.4, 0.5) is 11.4 Å². The molecule has 0 saturated heterocycles. The van der Waals surface area contributed by atoms with E-state index in [1.54, 1.807) is 36.4 Å². The van der Waals surface area contributed by atoms with Crippen LogP contribution < -0.4 is 14.8 Å². The number of rotatable bonds is 7. The first-order valence-corrected chi connectivity index (χ1v) is 7.58. The highest BCUT2D eigenvalue weighted by Gasteiger charge is 2.11. The minimum absolute atomic E-state index is 0.0667. The summed E-state index contributed by atoms with van der Waals surface area (Å²) in [7, 11) is 1.52. The van der Waals surface area contributed by atoms with Gasteiger partial charge in [0, 0.05) is 18.2 Å². The molecule has 2 aromatic carbocycles. The predicted octanol–water partition coefficient (Wildman–Crippen LogP) is 3.65. The summed E-state index contributed by atoms with van der Waals surface area (Å²) in [4.78, 5) is 22.7. The number of ether oxygens (including phenoxy) is 2. The van der Waals surface area contributed by atoms with Gasteiger partial charge in [0.15, 0.2) is 0 Å². The minimum Gasteiger partial charge on any atom is -0.497 e. The number of nitrogens with one attached hydrogen (secondary N) is 1. The van der Waals surface area contributed by atoms with Crippen molar-refractivity contribution in [1.82, 2.24) is 0 Å². The van der Waals surface area contributed by atoms with E-state index in [9.17, 15) is 14.9 Å². The van der Waals surface area contributed by atoms with Crippen LogP contribution in [-0.2, 0) is 4.79 Å². The summed E-state index contributed by atoms with van der Waals surface area (Å²) in [6.07, 6.45) is 2.63. The third-order valence-corrected chi connectivity index (χ3v) is 3.29. The van der Waals surface area contributed by atoms with Gasteiger partial charge in [0.25, 0.3) is 5.69 Å². The minimum atomic E-state index is -0.493. The largest absolute Gasteiger partial charge is 0.497 e. The van der Waals surface area contributed by atoms with E-state index in [1.807, 2.05) is 6.92 Å². The lowest BCUT2D eigenvalue weighted by Gasteiger charge is -2.12. The summed E-state index contributed by atoms with van der Waals surface area (Å²) in [5.74, 6) is 0.643.